The van der Waals surface area contributed by atoms with Crippen LogP contribution < -0.4 is 0 Å². The zero-order valence-electron chi connectivity index (χ0n) is 14.1. The van der Waals surface area contributed by atoms with Gasteiger partial charge in [0.05, 0.1) is 26.4 Å². The second kappa shape index (κ2) is 6.51. The topological polar surface area (TPSA) is 78.9 Å². The average Bonchev–Trinajstić information content (AvgIpc) is 3.10. The van der Waals surface area contributed by atoms with Crippen LogP contribution in [-0.4, -0.2) is 44.1 Å². The van der Waals surface area contributed by atoms with E-state index in [4.69, 9.17) is 14.2 Å². The Kier molecular flexibility index (Phi) is 4.58. The zero-order chi connectivity index (χ0) is 17.3. The van der Waals surface area contributed by atoms with Gasteiger partial charge in [0.15, 0.2) is 11.2 Å². The van der Waals surface area contributed by atoms with E-state index in [0.29, 0.717) is 19.6 Å². The molecule has 130 valence electrons. The lowest BCUT2D eigenvalue weighted by atomic mass is 9.84. The Morgan fingerprint density at radius 2 is 1.88 bits per heavy atom. The molecule has 2 fully saturated rings. The minimum atomic E-state index is -1.34. The molecular formula is C18H22O6. The van der Waals surface area contributed by atoms with Crippen LogP contribution in [0.3, 0.4) is 0 Å². The molecule has 6 nitrogen and oxygen atoms in total. The summed E-state index contributed by atoms with van der Waals surface area (Å²) < 4.78 is 15.8. The summed E-state index contributed by atoms with van der Waals surface area (Å²) in [7, 11) is 0. The number of hydrogen-bond acceptors (Lipinski definition) is 6. The van der Waals surface area contributed by atoms with Gasteiger partial charge in [-0.1, -0.05) is 5.57 Å². The highest BCUT2D eigenvalue weighted by molar-refractivity contribution is 6.02. The molecule has 0 radical (unpaired) electrons. The number of fused-ring (bicyclic) bond motifs is 2. The molecule has 24 heavy (non-hydrogen) atoms. The monoisotopic (exact) mass is 334 g/mol. The lowest BCUT2D eigenvalue weighted by Gasteiger charge is -2.24. The highest BCUT2D eigenvalue weighted by atomic mass is 16.6. The van der Waals surface area contributed by atoms with E-state index in [0.717, 1.165) is 16.7 Å². The second-order valence-electron chi connectivity index (χ2n) is 6.44. The summed E-state index contributed by atoms with van der Waals surface area (Å²) in [5.74, 6) is -1.24. The first-order valence-corrected chi connectivity index (χ1v) is 8.39. The minimum absolute atomic E-state index is 0.0107. The van der Waals surface area contributed by atoms with Crippen molar-refractivity contribution in [3.05, 3.63) is 22.8 Å². The molecule has 0 aromatic carbocycles. The predicted molar refractivity (Wildman–Crippen MR) is 84.0 cm³/mol. The maximum atomic E-state index is 12.6. The second-order valence-corrected chi connectivity index (χ2v) is 6.44. The molecule has 2 aliphatic carbocycles. The van der Waals surface area contributed by atoms with Gasteiger partial charge in [0.2, 0.25) is 0 Å². The number of ketones is 1. The predicted octanol–water partition coefficient (Wildman–Crippen LogP) is 1.74. The molecule has 0 aromatic heterocycles. The van der Waals surface area contributed by atoms with E-state index in [-0.39, 0.29) is 37.8 Å². The van der Waals surface area contributed by atoms with Gasteiger partial charge < -0.3 is 14.2 Å². The van der Waals surface area contributed by atoms with Crippen LogP contribution in [0.5, 0.6) is 0 Å². The lowest BCUT2D eigenvalue weighted by Crippen LogP contribution is -2.40. The van der Waals surface area contributed by atoms with Crippen molar-refractivity contribution in [2.75, 3.05) is 26.4 Å². The van der Waals surface area contributed by atoms with Gasteiger partial charge in [-0.3, -0.25) is 14.4 Å². The first-order chi connectivity index (χ1) is 11.5. The largest absolute Gasteiger partial charge is 0.465 e. The number of allylic oxidation sites excluding steroid dienone is 2. The molecule has 3 aliphatic rings. The van der Waals surface area contributed by atoms with Gasteiger partial charge in [-0.2, -0.15) is 0 Å². The Bertz CT molecular complexity index is 624. The van der Waals surface area contributed by atoms with E-state index in [1.807, 2.05) is 0 Å². The van der Waals surface area contributed by atoms with Crippen LogP contribution >= 0.6 is 0 Å². The number of ether oxygens (including phenoxy) is 3. The van der Waals surface area contributed by atoms with Gasteiger partial charge in [-0.25, -0.2) is 0 Å². The first kappa shape index (κ1) is 16.9. The Morgan fingerprint density at radius 3 is 2.50 bits per heavy atom. The van der Waals surface area contributed by atoms with Crippen LogP contribution in [-0.2, 0) is 28.6 Å². The molecule has 6 heteroatoms. The smallest absolute Gasteiger partial charge is 0.323 e. The summed E-state index contributed by atoms with van der Waals surface area (Å²) in [5, 5.41) is 0. The minimum Gasteiger partial charge on any atom is -0.465 e. The molecule has 0 spiro atoms. The number of rotatable bonds is 4. The van der Waals surface area contributed by atoms with E-state index >= 15 is 0 Å². The Hall–Kier alpha value is -1.95. The van der Waals surface area contributed by atoms with Crippen molar-refractivity contribution >= 4 is 17.7 Å². The third-order valence-electron chi connectivity index (χ3n) is 4.97. The van der Waals surface area contributed by atoms with E-state index in [9.17, 15) is 14.4 Å². The summed E-state index contributed by atoms with van der Waals surface area (Å²) in [6.45, 7) is 4.64. The van der Waals surface area contributed by atoms with Crippen molar-refractivity contribution in [3.63, 3.8) is 0 Å². The molecule has 1 unspecified atom stereocenters. The zero-order valence-corrected chi connectivity index (χ0v) is 14.1. The number of carbonyl (C=O) groups is 3. The van der Waals surface area contributed by atoms with Gasteiger partial charge in [0, 0.05) is 6.42 Å². The quantitative estimate of drug-likeness (QED) is 0.575. The summed E-state index contributed by atoms with van der Waals surface area (Å²) in [6.07, 6.45) is 2.46. The molecule has 1 aliphatic heterocycles. The van der Waals surface area contributed by atoms with Gasteiger partial charge in [-0.15, -0.1) is 0 Å². The molecule has 1 atom stereocenters. The van der Waals surface area contributed by atoms with Crippen LogP contribution in [0.4, 0.5) is 0 Å². The van der Waals surface area contributed by atoms with E-state index in [1.165, 1.54) is 0 Å². The number of carbonyl (C=O) groups excluding carboxylic acids is 3. The van der Waals surface area contributed by atoms with Gasteiger partial charge in [0.1, 0.15) is 0 Å². The highest BCUT2D eigenvalue weighted by Crippen LogP contribution is 2.52. The van der Waals surface area contributed by atoms with E-state index < -0.39 is 17.4 Å². The van der Waals surface area contributed by atoms with Gasteiger partial charge in [-0.05, 0) is 49.8 Å². The van der Waals surface area contributed by atoms with Gasteiger partial charge >= 0.3 is 11.9 Å². The van der Waals surface area contributed by atoms with Crippen LogP contribution in [0, 0.1) is 11.3 Å². The van der Waals surface area contributed by atoms with Crippen LogP contribution in [0.2, 0.25) is 0 Å². The molecule has 0 bridgehead atoms. The number of esters is 2. The molecule has 0 amide bonds. The SMILES string of the molecule is CCOC(=O)C1(C(=O)OCC)CC2=C3COCC3=CC(=O)CC2C1. The number of hydrogen-bond donors (Lipinski definition) is 0. The molecule has 1 heterocycles. The lowest BCUT2D eigenvalue weighted by molar-refractivity contribution is -0.171. The fourth-order valence-corrected chi connectivity index (χ4v) is 3.93. The summed E-state index contributed by atoms with van der Waals surface area (Å²) in [4.78, 5) is 37.4. The Balaban J connectivity index is 2.02. The van der Waals surface area contributed by atoms with Gasteiger partial charge in [0.25, 0.3) is 0 Å². The van der Waals surface area contributed by atoms with Crippen molar-refractivity contribution in [1.82, 2.24) is 0 Å². The maximum Gasteiger partial charge on any atom is 0.323 e. The Labute approximate surface area is 140 Å². The molecule has 0 aromatic rings. The van der Waals surface area contributed by atoms with Crippen molar-refractivity contribution in [2.24, 2.45) is 11.3 Å². The molecule has 1 saturated carbocycles. The molecule has 0 N–H and O–H groups in total. The third-order valence-corrected chi connectivity index (χ3v) is 4.97. The van der Waals surface area contributed by atoms with Crippen LogP contribution in [0.25, 0.3) is 0 Å². The van der Waals surface area contributed by atoms with E-state index in [1.54, 1.807) is 19.9 Å². The van der Waals surface area contributed by atoms with E-state index in [2.05, 4.69) is 0 Å². The maximum absolute atomic E-state index is 12.6. The Morgan fingerprint density at radius 1 is 1.21 bits per heavy atom. The summed E-state index contributed by atoms with van der Waals surface area (Å²) >= 11 is 0. The fraction of sp³-hybridized carbons (Fsp3) is 0.611. The molecular weight excluding hydrogens is 312 g/mol. The third kappa shape index (κ3) is 2.69. The van der Waals surface area contributed by atoms with Crippen LogP contribution in [0.1, 0.15) is 33.1 Å². The standard InChI is InChI=1S/C18H22O6/c1-3-23-16(20)18(17(21)24-4-2)7-11-5-13(19)6-12-9-22-10-15(12)14(11)8-18/h6,11H,3-5,7-10H2,1-2H3. The summed E-state index contributed by atoms with van der Waals surface area (Å²) in [5.41, 5.74) is 1.48. The first-order valence-electron chi connectivity index (χ1n) is 8.39. The molecule has 1 saturated heterocycles. The fourth-order valence-electron chi connectivity index (χ4n) is 3.93. The van der Waals surface area contributed by atoms with Crippen molar-refractivity contribution in [2.45, 2.75) is 33.1 Å². The summed E-state index contributed by atoms with van der Waals surface area (Å²) in [6, 6.07) is 0. The highest BCUT2D eigenvalue weighted by Gasteiger charge is 2.57. The van der Waals surface area contributed by atoms with Crippen molar-refractivity contribution in [1.29, 1.82) is 0 Å². The van der Waals surface area contributed by atoms with Crippen molar-refractivity contribution in [3.8, 4) is 0 Å². The van der Waals surface area contributed by atoms with Crippen LogP contribution in [0.15, 0.2) is 22.8 Å². The van der Waals surface area contributed by atoms with Crippen molar-refractivity contribution < 1.29 is 28.6 Å². The molecule has 3 rings (SSSR count). The average molecular weight is 334 g/mol. The normalized spacial score (nSPS) is 24.8.